The Kier molecular flexibility index (Phi) is 2.76. The monoisotopic (exact) mass is 252 g/mol. The Morgan fingerprint density at radius 1 is 1.16 bits per heavy atom. The van der Waals surface area contributed by atoms with E-state index in [4.69, 9.17) is 0 Å². The molecule has 2 N–H and O–H groups in total. The van der Waals surface area contributed by atoms with E-state index in [0.717, 1.165) is 10.9 Å². The highest BCUT2D eigenvalue weighted by molar-refractivity contribution is 5.85. The number of rotatable bonds is 3. The Labute approximate surface area is 109 Å². The van der Waals surface area contributed by atoms with E-state index in [2.05, 4.69) is 9.97 Å². The van der Waals surface area contributed by atoms with Crippen LogP contribution in [0.4, 0.5) is 0 Å². The first-order chi connectivity index (χ1) is 9.25. The number of nitrogens with zero attached hydrogens (tertiary/aromatic N) is 1. The summed E-state index contributed by atoms with van der Waals surface area (Å²) in [6.07, 6.45) is 3.21. The summed E-state index contributed by atoms with van der Waals surface area (Å²) in [5, 5.41) is 10.5. The first-order valence-corrected chi connectivity index (χ1v) is 5.96. The molecule has 1 atom stereocenters. The van der Waals surface area contributed by atoms with Crippen LogP contribution in [0.2, 0.25) is 0 Å². The lowest BCUT2D eigenvalue weighted by Gasteiger charge is -2.10. The van der Waals surface area contributed by atoms with E-state index in [1.54, 1.807) is 24.5 Å². The number of carbonyl (C=O) groups is 1. The summed E-state index contributed by atoms with van der Waals surface area (Å²) >= 11 is 0. The van der Waals surface area contributed by atoms with Gasteiger partial charge in [-0.15, -0.1) is 0 Å². The molecule has 1 unspecified atom stereocenters. The van der Waals surface area contributed by atoms with Crippen molar-refractivity contribution >= 4 is 16.9 Å². The number of aromatic nitrogens is 2. The predicted octanol–water partition coefficient (Wildman–Crippen LogP) is 2.78. The van der Waals surface area contributed by atoms with Gasteiger partial charge < -0.3 is 10.1 Å². The summed E-state index contributed by atoms with van der Waals surface area (Å²) in [6.45, 7) is 0. The predicted molar refractivity (Wildman–Crippen MR) is 72.0 cm³/mol. The van der Waals surface area contributed by atoms with Gasteiger partial charge in [-0.3, -0.25) is 9.78 Å². The molecule has 2 aromatic heterocycles. The standard InChI is InChI=1S/C15H12N2O2/c18-15(19)14(10-5-7-16-8-6-10)13-9-11-3-1-2-4-12(11)17-13/h1-9,14,17H,(H,18,19). The average Bonchev–Trinajstić information content (AvgIpc) is 2.82. The van der Waals surface area contributed by atoms with Crippen molar-refractivity contribution in [2.75, 3.05) is 0 Å². The van der Waals surface area contributed by atoms with Crippen LogP contribution >= 0.6 is 0 Å². The minimum atomic E-state index is -0.877. The van der Waals surface area contributed by atoms with Crippen molar-refractivity contribution in [2.24, 2.45) is 0 Å². The van der Waals surface area contributed by atoms with Crippen molar-refractivity contribution in [1.29, 1.82) is 0 Å². The van der Waals surface area contributed by atoms with Crippen LogP contribution in [0, 0.1) is 0 Å². The van der Waals surface area contributed by atoms with Gasteiger partial charge in [0.1, 0.15) is 5.92 Å². The van der Waals surface area contributed by atoms with E-state index in [0.29, 0.717) is 11.3 Å². The van der Waals surface area contributed by atoms with Gasteiger partial charge in [-0.1, -0.05) is 18.2 Å². The van der Waals surface area contributed by atoms with E-state index in [-0.39, 0.29) is 0 Å². The molecule has 94 valence electrons. The van der Waals surface area contributed by atoms with Crippen LogP contribution < -0.4 is 0 Å². The molecule has 0 aliphatic heterocycles. The molecule has 0 saturated carbocycles. The first-order valence-electron chi connectivity index (χ1n) is 5.96. The Bertz CT molecular complexity index is 686. The maximum atomic E-state index is 11.5. The summed E-state index contributed by atoms with van der Waals surface area (Å²) in [5.41, 5.74) is 2.34. The number of para-hydroxylation sites is 1. The number of hydrogen-bond acceptors (Lipinski definition) is 2. The van der Waals surface area contributed by atoms with Crippen LogP contribution in [0.5, 0.6) is 0 Å². The van der Waals surface area contributed by atoms with Crippen LogP contribution in [0.1, 0.15) is 17.2 Å². The molecule has 0 radical (unpaired) electrons. The molecule has 3 aromatic rings. The highest BCUT2D eigenvalue weighted by Crippen LogP contribution is 2.27. The Hall–Kier alpha value is -2.62. The largest absolute Gasteiger partial charge is 0.480 e. The normalized spacial score (nSPS) is 12.4. The lowest BCUT2D eigenvalue weighted by atomic mass is 9.97. The van der Waals surface area contributed by atoms with Gasteiger partial charge in [-0.25, -0.2) is 0 Å². The van der Waals surface area contributed by atoms with Crippen molar-refractivity contribution in [3.8, 4) is 0 Å². The summed E-state index contributed by atoms with van der Waals surface area (Å²) in [6, 6.07) is 13.1. The number of hydrogen-bond donors (Lipinski definition) is 2. The fraction of sp³-hybridized carbons (Fsp3) is 0.0667. The summed E-state index contributed by atoms with van der Waals surface area (Å²) in [7, 11) is 0. The SMILES string of the molecule is O=C(O)C(c1ccncc1)c1cc2ccccc2[nH]1. The minimum absolute atomic E-state index is 0.680. The highest BCUT2D eigenvalue weighted by atomic mass is 16.4. The zero-order valence-electron chi connectivity index (χ0n) is 10.1. The van der Waals surface area contributed by atoms with E-state index >= 15 is 0 Å². The van der Waals surface area contributed by atoms with Gasteiger partial charge in [0.05, 0.1) is 0 Å². The topological polar surface area (TPSA) is 66.0 Å². The average molecular weight is 252 g/mol. The van der Waals surface area contributed by atoms with Crippen LogP contribution in [-0.2, 0) is 4.79 Å². The zero-order valence-corrected chi connectivity index (χ0v) is 10.1. The third-order valence-corrected chi connectivity index (χ3v) is 3.15. The number of carboxylic acid groups (broad SMARTS) is 1. The molecule has 0 saturated heterocycles. The van der Waals surface area contributed by atoms with Gasteiger partial charge in [0.25, 0.3) is 0 Å². The number of aliphatic carboxylic acids is 1. The van der Waals surface area contributed by atoms with E-state index in [1.165, 1.54) is 0 Å². The third kappa shape index (κ3) is 2.08. The number of benzene rings is 1. The number of nitrogens with one attached hydrogen (secondary N) is 1. The second-order valence-corrected chi connectivity index (χ2v) is 4.36. The second-order valence-electron chi connectivity index (χ2n) is 4.36. The van der Waals surface area contributed by atoms with Crippen LogP contribution in [-0.4, -0.2) is 21.0 Å². The second kappa shape index (κ2) is 4.57. The molecule has 1 aromatic carbocycles. The van der Waals surface area contributed by atoms with Gasteiger partial charge in [-0.05, 0) is 35.2 Å². The molecule has 2 heterocycles. The first kappa shape index (κ1) is 11.5. The van der Waals surface area contributed by atoms with E-state index in [9.17, 15) is 9.90 Å². The molecule has 4 nitrogen and oxygen atoms in total. The van der Waals surface area contributed by atoms with E-state index in [1.807, 2.05) is 30.3 Å². The van der Waals surface area contributed by atoms with Crippen molar-refractivity contribution in [2.45, 2.75) is 5.92 Å². The number of carboxylic acids is 1. The molecular formula is C15H12N2O2. The summed E-state index contributed by atoms with van der Waals surface area (Å²) in [4.78, 5) is 18.6. The zero-order chi connectivity index (χ0) is 13.2. The highest BCUT2D eigenvalue weighted by Gasteiger charge is 2.23. The smallest absolute Gasteiger partial charge is 0.317 e. The molecule has 0 aliphatic carbocycles. The quantitative estimate of drug-likeness (QED) is 0.753. The fourth-order valence-electron chi connectivity index (χ4n) is 2.26. The number of pyridine rings is 1. The number of fused-ring (bicyclic) bond motifs is 1. The minimum Gasteiger partial charge on any atom is -0.480 e. The number of H-pyrrole nitrogens is 1. The van der Waals surface area contributed by atoms with Crippen molar-refractivity contribution in [3.05, 3.63) is 66.1 Å². The van der Waals surface area contributed by atoms with Crippen LogP contribution in [0.25, 0.3) is 10.9 Å². The van der Waals surface area contributed by atoms with Gasteiger partial charge in [0, 0.05) is 23.6 Å². The summed E-state index contributed by atoms with van der Waals surface area (Å²) in [5.74, 6) is -1.58. The van der Waals surface area contributed by atoms with E-state index < -0.39 is 11.9 Å². The van der Waals surface area contributed by atoms with Crippen molar-refractivity contribution in [3.63, 3.8) is 0 Å². The van der Waals surface area contributed by atoms with Gasteiger partial charge in [0.15, 0.2) is 0 Å². The fourth-order valence-corrected chi connectivity index (χ4v) is 2.26. The Morgan fingerprint density at radius 2 is 1.89 bits per heavy atom. The van der Waals surface area contributed by atoms with Crippen LogP contribution in [0.15, 0.2) is 54.9 Å². The molecule has 19 heavy (non-hydrogen) atoms. The molecule has 0 fully saturated rings. The van der Waals surface area contributed by atoms with Gasteiger partial charge in [-0.2, -0.15) is 0 Å². The Morgan fingerprint density at radius 3 is 2.58 bits per heavy atom. The molecule has 0 amide bonds. The number of aromatic amines is 1. The lowest BCUT2D eigenvalue weighted by Crippen LogP contribution is -2.13. The third-order valence-electron chi connectivity index (χ3n) is 3.15. The molecule has 3 rings (SSSR count). The molecular weight excluding hydrogens is 240 g/mol. The Balaban J connectivity index is 2.12. The van der Waals surface area contributed by atoms with Gasteiger partial charge in [0.2, 0.25) is 0 Å². The lowest BCUT2D eigenvalue weighted by molar-refractivity contribution is -0.137. The molecule has 0 spiro atoms. The maximum Gasteiger partial charge on any atom is 0.317 e. The molecule has 0 aliphatic rings. The van der Waals surface area contributed by atoms with Gasteiger partial charge >= 0.3 is 5.97 Å². The maximum absolute atomic E-state index is 11.5. The molecule has 4 heteroatoms. The van der Waals surface area contributed by atoms with Crippen molar-refractivity contribution in [1.82, 2.24) is 9.97 Å². The van der Waals surface area contributed by atoms with Crippen LogP contribution in [0.3, 0.4) is 0 Å². The molecule has 0 bridgehead atoms. The van der Waals surface area contributed by atoms with Crippen molar-refractivity contribution < 1.29 is 9.90 Å². The summed E-state index contributed by atoms with van der Waals surface area (Å²) < 4.78 is 0.